The van der Waals surface area contributed by atoms with Crippen molar-refractivity contribution in [2.75, 3.05) is 0 Å². The summed E-state index contributed by atoms with van der Waals surface area (Å²) in [4.78, 5) is 0. The smallest absolute Gasteiger partial charge is 0.0776 e. The Bertz CT molecular complexity index is 16.3. The van der Waals surface area contributed by atoms with Crippen LogP contribution in [0.15, 0.2) is 0 Å². The number of hydrogen-bond donors (Lipinski definition) is 0. The third-order valence-electron chi connectivity index (χ3n) is 0. The predicted molar refractivity (Wildman–Crippen MR) is 110 cm³/mol. The van der Waals surface area contributed by atoms with Crippen LogP contribution in [-0.4, -0.2) is 126 Å². The van der Waals surface area contributed by atoms with Gasteiger partial charge in [0.25, 0.3) is 0 Å². The fourth-order valence-corrected chi connectivity index (χ4v) is 0. The fourth-order valence-electron chi connectivity index (χ4n) is 0. The zero-order valence-corrected chi connectivity index (χ0v) is 11.5. The zero-order valence-electron chi connectivity index (χ0n) is 11.5. The van der Waals surface area contributed by atoms with Gasteiger partial charge < -0.3 is 126 Å². The monoisotopic (exact) mass is 478 g/mol. The molecule has 0 heterocycles. The van der Waals surface area contributed by atoms with Crippen molar-refractivity contribution in [1.29, 1.82) is 0 Å². The molecule has 0 aromatic rings. The van der Waals surface area contributed by atoms with Crippen molar-refractivity contribution in [1.82, 2.24) is 0 Å². The van der Waals surface area contributed by atoms with Crippen LogP contribution >= 0.6 is 0 Å². The lowest BCUT2D eigenvalue weighted by molar-refractivity contribution is 0.823. The van der Waals surface area contributed by atoms with Crippen molar-refractivity contribution < 1.29 is 126 Å². The Morgan fingerprint density at radius 2 is 0.0741 bits per heavy atom. The first kappa shape index (κ1) is 19400. The molecule has 46 N–H and O–H groups in total. The van der Waals surface area contributed by atoms with E-state index in [2.05, 4.69) is 0 Å². The van der Waals surface area contributed by atoms with Gasteiger partial charge in [0, 0.05) is 0 Å². The minimum Gasteiger partial charge on any atom is -0.412 e. The van der Waals surface area contributed by atoms with E-state index in [1.54, 1.807) is 0 Å². The lowest BCUT2D eigenvalue weighted by Gasteiger charge is -0.413. The SMILES string of the molecule is C.C.C.C.O.O.O.O.O.O.O.O.O.O.O.O.O.O.O.O.O.O.O.O.O.O.O. The second-order valence-corrected chi connectivity index (χ2v) is 0. The highest BCUT2D eigenvalue weighted by molar-refractivity contribution is 2.51. The Morgan fingerprint density at radius 3 is 0.0741 bits per heavy atom. The maximum atomic E-state index is 0. The molecule has 23 nitrogen and oxygen atoms in total. The van der Waals surface area contributed by atoms with Crippen LogP contribution in [-0.2, 0) is 0 Å². The average molecular weight is 479 g/mol. The Balaban J connectivity index is 0. The first-order valence-corrected chi connectivity index (χ1v) is 0. The molecule has 27 heavy (non-hydrogen) atoms. The molecule has 0 bridgehead atoms. The van der Waals surface area contributed by atoms with E-state index in [9.17, 15) is 0 Å². The van der Waals surface area contributed by atoms with E-state index >= 15 is 0 Å². The van der Waals surface area contributed by atoms with Crippen LogP contribution in [0, 0.1) is 0 Å². The summed E-state index contributed by atoms with van der Waals surface area (Å²) in [6.45, 7) is 0. The summed E-state index contributed by atoms with van der Waals surface area (Å²) in [6, 6.07) is 0. The molecule has 0 aliphatic rings. The van der Waals surface area contributed by atoms with Crippen LogP contribution in [0.2, 0.25) is 0 Å². The number of hydrogen-bond acceptors (Lipinski definition) is 0. The third-order valence-corrected chi connectivity index (χ3v) is 0. The maximum Gasteiger partial charge on any atom is -0.0776 e. The molecule has 0 atom stereocenters. The molecular weight excluding hydrogens is 416 g/mol. The summed E-state index contributed by atoms with van der Waals surface area (Å²) in [5.41, 5.74) is 0. The molecule has 0 saturated carbocycles. The van der Waals surface area contributed by atoms with Gasteiger partial charge in [0.2, 0.25) is 0 Å². The van der Waals surface area contributed by atoms with E-state index in [0.29, 0.717) is 0 Å². The standard InChI is InChI=1S/4CH4.23H2O/h4*1H4;23*1H2. The predicted octanol–water partition coefficient (Wildman–Crippen LogP) is -16.4. The van der Waals surface area contributed by atoms with Crippen molar-refractivity contribution in [3.63, 3.8) is 0 Å². The van der Waals surface area contributed by atoms with Gasteiger partial charge in [0.05, 0.1) is 0 Å². The molecular formula is C4H62O23. The second-order valence-electron chi connectivity index (χ2n) is 0. The van der Waals surface area contributed by atoms with Crippen molar-refractivity contribution >= 4 is 0 Å². The zero-order chi connectivity index (χ0) is 0. The van der Waals surface area contributed by atoms with Crippen LogP contribution in [0.25, 0.3) is 0 Å². The summed E-state index contributed by atoms with van der Waals surface area (Å²) < 4.78 is 0. The summed E-state index contributed by atoms with van der Waals surface area (Å²) in [5.74, 6) is 0. The molecule has 0 aliphatic heterocycles. The van der Waals surface area contributed by atoms with Crippen molar-refractivity contribution in [3.8, 4) is 0 Å². The van der Waals surface area contributed by atoms with Crippen molar-refractivity contribution in [3.05, 3.63) is 0 Å². The van der Waals surface area contributed by atoms with Crippen molar-refractivity contribution in [2.45, 2.75) is 29.7 Å². The highest BCUT2D eigenvalue weighted by atomic mass is 16.0. The Kier molecular flexibility index (Phi) is 12300000. The summed E-state index contributed by atoms with van der Waals surface area (Å²) >= 11 is 0. The maximum absolute atomic E-state index is 0. The summed E-state index contributed by atoms with van der Waals surface area (Å²) in [7, 11) is 0. The van der Waals surface area contributed by atoms with Crippen LogP contribution in [0.1, 0.15) is 29.7 Å². The first-order valence-electron chi connectivity index (χ1n) is 0. The van der Waals surface area contributed by atoms with Gasteiger partial charge >= 0.3 is 0 Å². The van der Waals surface area contributed by atoms with E-state index < -0.39 is 0 Å². The normalized spacial score (nSPS) is 0. The van der Waals surface area contributed by atoms with Crippen LogP contribution in [0.3, 0.4) is 0 Å². The highest BCUT2D eigenvalue weighted by Gasteiger charge is -0.0743. The first-order chi connectivity index (χ1) is 0. The van der Waals surface area contributed by atoms with Gasteiger partial charge in [-0.3, -0.25) is 0 Å². The van der Waals surface area contributed by atoms with Gasteiger partial charge in [-0.2, -0.15) is 0 Å². The average Bonchev–Trinajstić information content (AvgIpc) is 0. The van der Waals surface area contributed by atoms with E-state index in [1.807, 2.05) is 0 Å². The quantitative estimate of drug-likeness (QED) is 0.313. The highest BCUT2D eigenvalue weighted by Crippen LogP contribution is 0.147. The largest absolute Gasteiger partial charge is 0.412 e. The van der Waals surface area contributed by atoms with E-state index in [-0.39, 0.29) is 156 Å². The van der Waals surface area contributed by atoms with Gasteiger partial charge in [-0.1, -0.05) is 29.7 Å². The summed E-state index contributed by atoms with van der Waals surface area (Å²) in [6.07, 6.45) is 0. The second kappa shape index (κ2) is 17200. The minimum atomic E-state index is 0. The lowest BCUT2D eigenvalue weighted by atomic mass is 12.0. The lowest BCUT2D eigenvalue weighted by Crippen LogP contribution is -0.290. The minimum absolute atomic E-state index is 0. The van der Waals surface area contributed by atoms with E-state index in [1.165, 1.54) is 0 Å². The van der Waals surface area contributed by atoms with Gasteiger partial charge in [-0.05, 0) is 0 Å². The van der Waals surface area contributed by atoms with Crippen LogP contribution in [0.5, 0.6) is 0 Å². The molecule has 0 rings (SSSR count). The van der Waals surface area contributed by atoms with Crippen LogP contribution in [0.4, 0.5) is 0 Å². The van der Waals surface area contributed by atoms with Gasteiger partial charge in [0.15, 0.2) is 0 Å². The molecule has 23 heteroatoms. The molecule has 0 aliphatic carbocycles. The Labute approximate surface area is 157 Å². The molecule has 0 saturated heterocycles. The molecule has 0 radical (unpaired) electrons. The number of rotatable bonds is 0. The van der Waals surface area contributed by atoms with E-state index in [4.69, 9.17) is 0 Å². The Morgan fingerprint density at radius 1 is 0.0741 bits per heavy atom. The third kappa shape index (κ3) is 15800. The molecule has 0 aromatic carbocycles. The molecule has 0 fully saturated rings. The molecule has 216 valence electrons. The topological polar surface area (TPSA) is 724 Å². The Hall–Kier alpha value is -0.920. The molecule has 0 unspecified atom stereocenters. The van der Waals surface area contributed by atoms with Gasteiger partial charge in [-0.25, -0.2) is 0 Å². The molecule has 0 amide bonds. The van der Waals surface area contributed by atoms with Gasteiger partial charge in [-0.15, -0.1) is 0 Å². The van der Waals surface area contributed by atoms with E-state index in [0.717, 1.165) is 0 Å². The van der Waals surface area contributed by atoms with Gasteiger partial charge in [0.1, 0.15) is 0 Å². The fraction of sp³-hybridized carbons (Fsp3) is 1.00. The van der Waals surface area contributed by atoms with Crippen LogP contribution < -0.4 is 0 Å². The van der Waals surface area contributed by atoms with Crippen molar-refractivity contribution in [2.24, 2.45) is 0 Å². The summed E-state index contributed by atoms with van der Waals surface area (Å²) in [5, 5.41) is 0. The molecule has 0 spiro atoms. The molecule has 0 aromatic heterocycles.